The Morgan fingerprint density at radius 2 is 1.76 bits per heavy atom. The van der Waals surface area contributed by atoms with Gasteiger partial charge in [-0.2, -0.15) is 0 Å². The van der Waals surface area contributed by atoms with E-state index in [0.717, 1.165) is 11.8 Å². The van der Waals surface area contributed by atoms with Crippen LogP contribution < -0.4 is 4.46 Å². The van der Waals surface area contributed by atoms with Crippen LogP contribution in [0.2, 0.25) is 5.32 Å². The zero-order valence-electron chi connectivity index (χ0n) is 10.5. The predicted octanol–water partition coefficient (Wildman–Crippen LogP) is 3.57. The van der Waals surface area contributed by atoms with Crippen molar-refractivity contribution in [2.45, 2.75) is 37.9 Å². The Morgan fingerprint density at radius 1 is 1.12 bits per heavy atom. The zero-order chi connectivity index (χ0) is 11.7. The number of fused-ring (bicyclic) bond motifs is 1. The summed E-state index contributed by atoms with van der Waals surface area (Å²) in [5.41, 5.74) is 3.59. The first-order chi connectivity index (χ1) is 8.36. The number of hydrogen-bond acceptors (Lipinski definition) is 0. The van der Waals surface area contributed by atoms with Crippen molar-refractivity contribution >= 4 is 19.4 Å². The first-order valence-electron chi connectivity index (χ1n) is 6.73. The van der Waals surface area contributed by atoms with Crippen LogP contribution in [0.25, 0.3) is 0 Å². The SMILES string of the molecule is CC(C[Se]c1ccccc1)=C1C2CCCCC12. The second kappa shape index (κ2) is 5.00. The molecule has 1 aromatic carbocycles. The van der Waals surface area contributed by atoms with Gasteiger partial charge in [0.25, 0.3) is 0 Å². The van der Waals surface area contributed by atoms with Crippen molar-refractivity contribution in [2.24, 2.45) is 11.8 Å². The topological polar surface area (TPSA) is 0 Å². The molecule has 2 fully saturated rings. The van der Waals surface area contributed by atoms with Crippen LogP contribution in [0.4, 0.5) is 0 Å². The van der Waals surface area contributed by atoms with Crippen LogP contribution in [0.15, 0.2) is 41.5 Å². The molecule has 0 radical (unpaired) electrons. The fourth-order valence-electron chi connectivity index (χ4n) is 3.25. The van der Waals surface area contributed by atoms with Gasteiger partial charge in [-0.3, -0.25) is 0 Å². The van der Waals surface area contributed by atoms with Gasteiger partial charge in [0.2, 0.25) is 0 Å². The molecule has 2 unspecified atom stereocenters. The van der Waals surface area contributed by atoms with Crippen molar-refractivity contribution in [3.05, 3.63) is 41.5 Å². The van der Waals surface area contributed by atoms with Crippen molar-refractivity contribution in [1.82, 2.24) is 0 Å². The van der Waals surface area contributed by atoms with Crippen molar-refractivity contribution in [3.63, 3.8) is 0 Å². The summed E-state index contributed by atoms with van der Waals surface area (Å²) in [4.78, 5) is 0. The van der Waals surface area contributed by atoms with E-state index in [1.165, 1.54) is 31.0 Å². The summed E-state index contributed by atoms with van der Waals surface area (Å²) >= 11 is 0.643. The number of hydrogen-bond donors (Lipinski definition) is 0. The quantitative estimate of drug-likeness (QED) is 0.590. The summed E-state index contributed by atoms with van der Waals surface area (Å²) in [6, 6.07) is 11.0. The van der Waals surface area contributed by atoms with E-state index in [1.54, 1.807) is 10.0 Å². The third-order valence-electron chi connectivity index (χ3n) is 4.15. The standard InChI is InChI=1S/C16H20Se/c1-12(11-17-13-7-3-2-4-8-13)16-14-9-5-6-10-15(14)16/h2-4,7-8,14-15H,5-6,9-11H2,1H3. The van der Waals surface area contributed by atoms with Crippen LogP contribution in [0.5, 0.6) is 0 Å². The fraction of sp³-hybridized carbons (Fsp3) is 0.500. The molecule has 2 saturated carbocycles. The van der Waals surface area contributed by atoms with Gasteiger partial charge in [0.1, 0.15) is 0 Å². The molecule has 0 bridgehead atoms. The molecule has 17 heavy (non-hydrogen) atoms. The van der Waals surface area contributed by atoms with Crippen molar-refractivity contribution < 1.29 is 0 Å². The molecule has 0 amide bonds. The molecule has 2 aliphatic rings. The molecular formula is C16H20Se. The van der Waals surface area contributed by atoms with Gasteiger partial charge >= 0.3 is 111 Å². The summed E-state index contributed by atoms with van der Waals surface area (Å²) < 4.78 is 1.54. The molecule has 2 aliphatic carbocycles. The molecule has 1 aromatic rings. The maximum absolute atomic E-state index is 2.39. The summed E-state index contributed by atoms with van der Waals surface area (Å²) in [7, 11) is 0. The molecule has 0 spiro atoms. The first-order valence-corrected chi connectivity index (χ1v) is 8.80. The Kier molecular flexibility index (Phi) is 3.40. The van der Waals surface area contributed by atoms with E-state index < -0.39 is 0 Å². The molecule has 90 valence electrons. The summed E-state index contributed by atoms with van der Waals surface area (Å²) in [6.45, 7) is 2.39. The molecule has 1 heteroatoms. The Labute approximate surface area is 111 Å². The Hall–Kier alpha value is -0.521. The van der Waals surface area contributed by atoms with E-state index in [2.05, 4.69) is 37.3 Å². The third kappa shape index (κ3) is 2.51. The van der Waals surface area contributed by atoms with Gasteiger partial charge in [-0.15, -0.1) is 0 Å². The van der Waals surface area contributed by atoms with Crippen LogP contribution in [0.3, 0.4) is 0 Å². The van der Waals surface area contributed by atoms with E-state index >= 15 is 0 Å². The van der Waals surface area contributed by atoms with E-state index in [-0.39, 0.29) is 0 Å². The third-order valence-corrected chi connectivity index (χ3v) is 6.63. The van der Waals surface area contributed by atoms with E-state index in [0.29, 0.717) is 15.0 Å². The molecule has 0 heterocycles. The van der Waals surface area contributed by atoms with Crippen LogP contribution in [-0.2, 0) is 0 Å². The molecule has 0 aliphatic heterocycles. The van der Waals surface area contributed by atoms with E-state index in [4.69, 9.17) is 0 Å². The van der Waals surface area contributed by atoms with Gasteiger partial charge in [-0.25, -0.2) is 0 Å². The van der Waals surface area contributed by atoms with Crippen molar-refractivity contribution in [2.75, 3.05) is 0 Å². The summed E-state index contributed by atoms with van der Waals surface area (Å²) in [6.07, 6.45) is 5.91. The number of allylic oxidation sites excluding steroid dienone is 2. The summed E-state index contributed by atoms with van der Waals surface area (Å²) in [5.74, 6) is 2.02. The molecule has 2 atom stereocenters. The molecule has 3 rings (SSSR count). The number of benzene rings is 1. The van der Waals surface area contributed by atoms with E-state index in [9.17, 15) is 0 Å². The minimum atomic E-state index is 0.643. The molecule has 0 N–H and O–H groups in total. The van der Waals surface area contributed by atoms with Gasteiger partial charge < -0.3 is 0 Å². The van der Waals surface area contributed by atoms with Crippen molar-refractivity contribution in [1.29, 1.82) is 0 Å². The Morgan fingerprint density at radius 3 is 2.41 bits per heavy atom. The number of rotatable bonds is 3. The average molecular weight is 291 g/mol. The molecular weight excluding hydrogens is 271 g/mol. The summed E-state index contributed by atoms with van der Waals surface area (Å²) in [5, 5.41) is 1.33. The normalized spacial score (nSPS) is 26.5. The zero-order valence-corrected chi connectivity index (χ0v) is 12.2. The molecule has 0 saturated heterocycles. The maximum atomic E-state index is 2.39. The van der Waals surface area contributed by atoms with E-state index in [1.807, 2.05) is 5.57 Å². The predicted molar refractivity (Wildman–Crippen MR) is 74.8 cm³/mol. The van der Waals surface area contributed by atoms with Gasteiger partial charge in [-0.05, 0) is 0 Å². The monoisotopic (exact) mass is 292 g/mol. The van der Waals surface area contributed by atoms with Gasteiger partial charge in [0, 0.05) is 0 Å². The first kappa shape index (κ1) is 11.6. The van der Waals surface area contributed by atoms with Gasteiger partial charge in [0.15, 0.2) is 0 Å². The fourth-order valence-corrected chi connectivity index (χ4v) is 5.13. The Balaban J connectivity index is 1.61. The van der Waals surface area contributed by atoms with Crippen LogP contribution in [0, 0.1) is 11.8 Å². The van der Waals surface area contributed by atoms with Crippen LogP contribution in [0.1, 0.15) is 32.6 Å². The molecule has 0 nitrogen and oxygen atoms in total. The second-order valence-electron chi connectivity index (χ2n) is 5.33. The van der Waals surface area contributed by atoms with Gasteiger partial charge in [-0.1, -0.05) is 0 Å². The average Bonchev–Trinajstić information content (AvgIpc) is 3.11. The Bertz CT molecular complexity index is 404. The van der Waals surface area contributed by atoms with Gasteiger partial charge in [0.05, 0.1) is 0 Å². The molecule has 0 aromatic heterocycles. The van der Waals surface area contributed by atoms with Crippen LogP contribution in [-0.4, -0.2) is 15.0 Å². The second-order valence-corrected chi connectivity index (χ2v) is 7.54. The van der Waals surface area contributed by atoms with Crippen molar-refractivity contribution in [3.8, 4) is 0 Å². The minimum absolute atomic E-state index is 0.643. The van der Waals surface area contributed by atoms with Crippen LogP contribution >= 0.6 is 0 Å².